The Labute approximate surface area is 127 Å². The highest BCUT2D eigenvalue weighted by Gasteiger charge is 2.19. The molecule has 0 unspecified atom stereocenters. The van der Waals surface area contributed by atoms with E-state index in [0.717, 1.165) is 18.3 Å². The van der Waals surface area contributed by atoms with Gasteiger partial charge in [-0.15, -0.1) is 0 Å². The van der Waals surface area contributed by atoms with Crippen molar-refractivity contribution in [2.24, 2.45) is 0 Å². The van der Waals surface area contributed by atoms with Crippen LogP contribution in [0.2, 0.25) is 0 Å². The third kappa shape index (κ3) is 2.48. The molecule has 118 valence electrons. The van der Waals surface area contributed by atoms with Gasteiger partial charge in [0.25, 0.3) is 0 Å². The summed E-state index contributed by atoms with van der Waals surface area (Å²) in [4.78, 5) is 24.3. The standard InChI is InChI=1S/C15H10F2N2O4/c1-2-22-15(21)9-7-19(13-3-4-23-18-13)12-6-11(17)10(16)5-8(12)14(9)20/h3-7H,2H2,1H3. The Morgan fingerprint density at radius 3 is 2.74 bits per heavy atom. The van der Waals surface area contributed by atoms with Gasteiger partial charge < -0.3 is 9.26 Å². The molecule has 0 saturated heterocycles. The number of carbonyl (C=O) groups is 1. The van der Waals surface area contributed by atoms with Crippen molar-refractivity contribution in [2.75, 3.05) is 6.61 Å². The molecule has 0 spiro atoms. The number of halogens is 2. The minimum Gasteiger partial charge on any atom is -0.462 e. The number of fused-ring (bicyclic) bond motifs is 1. The quantitative estimate of drug-likeness (QED) is 0.693. The summed E-state index contributed by atoms with van der Waals surface area (Å²) in [5, 5.41) is 3.51. The lowest BCUT2D eigenvalue weighted by Gasteiger charge is -2.11. The van der Waals surface area contributed by atoms with Crippen LogP contribution in [0.3, 0.4) is 0 Å². The number of hydrogen-bond acceptors (Lipinski definition) is 5. The highest BCUT2D eigenvalue weighted by molar-refractivity contribution is 5.94. The monoisotopic (exact) mass is 320 g/mol. The maximum absolute atomic E-state index is 13.6. The van der Waals surface area contributed by atoms with Crippen molar-refractivity contribution in [1.82, 2.24) is 9.72 Å². The van der Waals surface area contributed by atoms with E-state index < -0.39 is 23.0 Å². The molecule has 0 atom stereocenters. The van der Waals surface area contributed by atoms with Crippen molar-refractivity contribution in [2.45, 2.75) is 6.92 Å². The van der Waals surface area contributed by atoms with Crippen LogP contribution in [0.25, 0.3) is 16.7 Å². The zero-order chi connectivity index (χ0) is 16.6. The average molecular weight is 320 g/mol. The van der Waals surface area contributed by atoms with Crippen LogP contribution >= 0.6 is 0 Å². The molecule has 3 rings (SSSR count). The van der Waals surface area contributed by atoms with Gasteiger partial charge in [0.2, 0.25) is 5.43 Å². The smallest absolute Gasteiger partial charge is 0.343 e. The summed E-state index contributed by atoms with van der Waals surface area (Å²) in [6.07, 6.45) is 2.43. The topological polar surface area (TPSA) is 74.3 Å². The van der Waals surface area contributed by atoms with Crippen LogP contribution in [0.4, 0.5) is 8.78 Å². The van der Waals surface area contributed by atoms with E-state index in [1.807, 2.05) is 0 Å². The Balaban J connectivity index is 2.40. The minimum absolute atomic E-state index is 0.0517. The highest BCUT2D eigenvalue weighted by atomic mass is 19.2. The van der Waals surface area contributed by atoms with E-state index in [4.69, 9.17) is 9.26 Å². The van der Waals surface area contributed by atoms with Crippen molar-refractivity contribution in [3.63, 3.8) is 0 Å². The van der Waals surface area contributed by atoms with Gasteiger partial charge in [0.05, 0.1) is 17.5 Å². The van der Waals surface area contributed by atoms with Gasteiger partial charge in [0, 0.05) is 18.3 Å². The lowest BCUT2D eigenvalue weighted by Crippen LogP contribution is -2.21. The molecule has 23 heavy (non-hydrogen) atoms. The lowest BCUT2D eigenvalue weighted by molar-refractivity contribution is 0.0524. The molecule has 0 fully saturated rings. The second-order valence-electron chi connectivity index (χ2n) is 4.60. The molecule has 3 aromatic rings. The van der Waals surface area contributed by atoms with Crippen molar-refractivity contribution in [3.05, 3.63) is 58.1 Å². The summed E-state index contributed by atoms with van der Waals surface area (Å²) < 4.78 is 37.9. The third-order valence-corrected chi connectivity index (χ3v) is 3.21. The van der Waals surface area contributed by atoms with E-state index in [1.54, 1.807) is 6.92 Å². The number of benzene rings is 1. The Bertz CT molecular complexity index is 948. The van der Waals surface area contributed by atoms with Crippen molar-refractivity contribution < 1.29 is 22.8 Å². The Kier molecular flexibility index (Phi) is 3.65. The molecule has 1 aromatic carbocycles. The summed E-state index contributed by atoms with van der Waals surface area (Å²) in [6.45, 7) is 1.65. The SMILES string of the molecule is CCOC(=O)c1cn(-c2ccon2)c2cc(F)c(F)cc2c1=O. The molecule has 0 radical (unpaired) electrons. The van der Waals surface area contributed by atoms with Crippen molar-refractivity contribution in [1.29, 1.82) is 0 Å². The van der Waals surface area contributed by atoms with Crippen LogP contribution in [0, 0.1) is 11.6 Å². The van der Waals surface area contributed by atoms with E-state index in [-0.39, 0.29) is 28.9 Å². The molecule has 0 N–H and O–H groups in total. The van der Waals surface area contributed by atoms with Crippen LogP contribution in [-0.2, 0) is 4.74 Å². The first-order chi connectivity index (χ1) is 11.0. The molecule has 0 amide bonds. The Morgan fingerprint density at radius 2 is 2.09 bits per heavy atom. The van der Waals surface area contributed by atoms with Crippen LogP contribution in [-0.4, -0.2) is 22.3 Å². The van der Waals surface area contributed by atoms with Crippen molar-refractivity contribution in [3.8, 4) is 5.82 Å². The number of carbonyl (C=O) groups excluding carboxylic acids is 1. The van der Waals surface area contributed by atoms with E-state index in [2.05, 4.69) is 5.16 Å². The summed E-state index contributed by atoms with van der Waals surface area (Å²) >= 11 is 0. The zero-order valence-electron chi connectivity index (χ0n) is 11.9. The number of esters is 1. The van der Waals surface area contributed by atoms with E-state index in [9.17, 15) is 18.4 Å². The van der Waals surface area contributed by atoms with Crippen LogP contribution in [0.15, 0.2) is 40.0 Å². The summed E-state index contributed by atoms with van der Waals surface area (Å²) in [5.41, 5.74) is -1.01. The molecule has 2 heterocycles. The number of rotatable bonds is 3. The molecular formula is C15H10F2N2O4. The van der Waals surface area contributed by atoms with Crippen molar-refractivity contribution >= 4 is 16.9 Å². The minimum atomic E-state index is -1.19. The fourth-order valence-electron chi connectivity index (χ4n) is 2.19. The molecule has 8 heteroatoms. The maximum atomic E-state index is 13.6. The van der Waals surface area contributed by atoms with Gasteiger partial charge in [-0.25, -0.2) is 13.6 Å². The van der Waals surface area contributed by atoms with Gasteiger partial charge in [-0.05, 0) is 13.0 Å². The van der Waals surface area contributed by atoms with Gasteiger partial charge in [0.15, 0.2) is 17.5 Å². The number of pyridine rings is 1. The van der Waals surface area contributed by atoms with Gasteiger partial charge in [-0.3, -0.25) is 9.36 Å². The van der Waals surface area contributed by atoms with Gasteiger partial charge in [-0.2, -0.15) is 0 Å². The molecule has 2 aromatic heterocycles. The number of nitrogens with zero attached hydrogens (tertiary/aromatic N) is 2. The second kappa shape index (κ2) is 5.64. The van der Waals surface area contributed by atoms with E-state index in [0.29, 0.717) is 0 Å². The fourth-order valence-corrected chi connectivity index (χ4v) is 2.19. The summed E-state index contributed by atoms with van der Waals surface area (Å²) in [5.74, 6) is -2.98. The molecule has 0 aliphatic carbocycles. The molecule has 0 aliphatic rings. The average Bonchev–Trinajstić information content (AvgIpc) is 3.04. The predicted molar refractivity (Wildman–Crippen MR) is 75.5 cm³/mol. The number of aromatic nitrogens is 2. The van der Waals surface area contributed by atoms with Gasteiger partial charge in [-0.1, -0.05) is 5.16 Å². The zero-order valence-corrected chi connectivity index (χ0v) is 11.9. The fraction of sp³-hybridized carbons (Fsp3) is 0.133. The predicted octanol–water partition coefficient (Wildman–Crippen LogP) is 2.43. The molecule has 0 saturated carbocycles. The van der Waals surface area contributed by atoms with Crippen LogP contribution in [0.1, 0.15) is 17.3 Å². The molecule has 0 aliphatic heterocycles. The first-order valence-electron chi connectivity index (χ1n) is 6.65. The largest absolute Gasteiger partial charge is 0.462 e. The van der Waals surface area contributed by atoms with Gasteiger partial charge >= 0.3 is 5.97 Å². The number of ether oxygens (including phenoxy) is 1. The highest BCUT2D eigenvalue weighted by Crippen LogP contribution is 2.20. The third-order valence-electron chi connectivity index (χ3n) is 3.21. The molecular weight excluding hydrogens is 310 g/mol. The van der Waals surface area contributed by atoms with Crippen LogP contribution in [0.5, 0.6) is 0 Å². The normalized spacial score (nSPS) is 10.9. The number of hydrogen-bond donors (Lipinski definition) is 0. The van der Waals surface area contributed by atoms with Crippen LogP contribution < -0.4 is 5.43 Å². The first-order valence-corrected chi connectivity index (χ1v) is 6.65. The lowest BCUT2D eigenvalue weighted by atomic mass is 10.1. The Morgan fingerprint density at radius 1 is 1.35 bits per heavy atom. The van der Waals surface area contributed by atoms with Gasteiger partial charge in [0.1, 0.15) is 11.8 Å². The molecule has 0 bridgehead atoms. The van der Waals surface area contributed by atoms with E-state index >= 15 is 0 Å². The van der Waals surface area contributed by atoms with E-state index in [1.165, 1.54) is 16.9 Å². The second-order valence-corrected chi connectivity index (χ2v) is 4.60. The summed E-state index contributed by atoms with van der Waals surface area (Å²) in [6, 6.07) is 3.04. The molecule has 6 nitrogen and oxygen atoms in total. The summed E-state index contributed by atoms with van der Waals surface area (Å²) in [7, 11) is 0. The first kappa shape index (κ1) is 14.9. The maximum Gasteiger partial charge on any atom is 0.343 e. The Hall–Kier alpha value is -3.03.